The molecular weight excluding hydrogens is 266 g/mol. The molecule has 0 atom stereocenters. The quantitative estimate of drug-likeness (QED) is 0.838. The molecule has 0 aliphatic carbocycles. The fourth-order valence-corrected chi connectivity index (χ4v) is 1.92. The van der Waals surface area contributed by atoms with Crippen molar-refractivity contribution in [2.45, 2.75) is 20.3 Å². The molecule has 0 aliphatic heterocycles. The Morgan fingerprint density at radius 3 is 2.81 bits per heavy atom. The highest BCUT2D eigenvalue weighted by atomic mass is 16.1. The number of nitrogens with zero attached hydrogens (tertiary/aromatic N) is 3. The van der Waals surface area contributed by atoms with Gasteiger partial charge in [0.25, 0.3) is 5.91 Å². The molecule has 21 heavy (non-hydrogen) atoms. The van der Waals surface area contributed by atoms with Crippen LogP contribution in [-0.2, 0) is 6.42 Å². The maximum atomic E-state index is 12.4. The summed E-state index contributed by atoms with van der Waals surface area (Å²) in [5.41, 5.74) is 8.59. The third-order valence-electron chi connectivity index (χ3n) is 2.98. The third kappa shape index (κ3) is 3.15. The van der Waals surface area contributed by atoms with Crippen LogP contribution in [0.25, 0.3) is 0 Å². The minimum absolute atomic E-state index is 0.314. The van der Waals surface area contributed by atoms with Crippen LogP contribution in [0.5, 0.6) is 0 Å². The number of hydrogen-bond donors (Lipinski definition) is 2. The summed E-state index contributed by atoms with van der Waals surface area (Å²) in [5.74, 6) is -0.314. The number of rotatable bonds is 3. The van der Waals surface area contributed by atoms with E-state index in [0.717, 1.165) is 0 Å². The highest BCUT2D eigenvalue weighted by Crippen LogP contribution is 2.19. The molecule has 0 spiro atoms. The Hall–Kier alpha value is -2.94. The van der Waals surface area contributed by atoms with Crippen LogP contribution in [0.4, 0.5) is 11.4 Å². The molecule has 0 saturated carbocycles. The van der Waals surface area contributed by atoms with Crippen molar-refractivity contribution in [3.8, 4) is 6.07 Å². The standard InChI is InChI=1S/C15H15N5O/c1-3-13-12(6-9(2)19-20-13)15(21)18-14-5-4-11(17)7-10(14)8-16/h4-7H,3,17H2,1-2H3,(H,18,21). The van der Waals surface area contributed by atoms with Crippen molar-refractivity contribution in [3.05, 3.63) is 46.8 Å². The molecule has 6 nitrogen and oxygen atoms in total. The molecule has 6 heteroatoms. The number of carbonyl (C=O) groups is 1. The van der Waals surface area contributed by atoms with Gasteiger partial charge in [-0.3, -0.25) is 4.79 Å². The number of aromatic nitrogens is 2. The zero-order valence-corrected chi connectivity index (χ0v) is 11.8. The van der Waals surface area contributed by atoms with E-state index in [1.807, 2.05) is 13.0 Å². The lowest BCUT2D eigenvalue weighted by Crippen LogP contribution is -2.17. The Labute approximate surface area is 122 Å². The van der Waals surface area contributed by atoms with Crippen LogP contribution >= 0.6 is 0 Å². The number of hydrogen-bond acceptors (Lipinski definition) is 5. The van der Waals surface area contributed by atoms with Gasteiger partial charge in [0.15, 0.2) is 0 Å². The van der Waals surface area contributed by atoms with Gasteiger partial charge in [-0.05, 0) is 37.6 Å². The van der Waals surface area contributed by atoms with Crippen molar-refractivity contribution in [1.82, 2.24) is 10.2 Å². The molecule has 2 aromatic rings. The second-order valence-corrected chi connectivity index (χ2v) is 4.57. The molecular formula is C15H15N5O. The fraction of sp³-hybridized carbons (Fsp3) is 0.200. The average molecular weight is 281 g/mol. The lowest BCUT2D eigenvalue weighted by molar-refractivity contribution is 0.102. The summed E-state index contributed by atoms with van der Waals surface area (Å²) in [6.07, 6.45) is 0.600. The second-order valence-electron chi connectivity index (χ2n) is 4.57. The maximum absolute atomic E-state index is 12.4. The largest absolute Gasteiger partial charge is 0.399 e. The zero-order chi connectivity index (χ0) is 15.4. The summed E-state index contributed by atoms with van der Waals surface area (Å²) in [6.45, 7) is 3.67. The predicted octanol–water partition coefficient (Wildman–Crippen LogP) is 2.05. The van der Waals surface area contributed by atoms with Crippen LogP contribution in [0.1, 0.15) is 34.2 Å². The molecule has 0 bridgehead atoms. The predicted molar refractivity (Wildman–Crippen MR) is 79.7 cm³/mol. The molecule has 1 aromatic heterocycles. The van der Waals surface area contributed by atoms with Gasteiger partial charge in [0.1, 0.15) is 6.07 Å². The molecule has 1 heterocycles. The topological polar surface area (TPSA) is 105 Å². The number of benzene rings is 1. The van der Waals surface area contributed by atoms with E-state index in [1.54, 1.807) is 25.1 Å². The van der Waals surface area contributed by atoms with Crippen LogP contribution in [0.15, 0.2) is 24.3 Å². The van der Waals surface area contributed by atoms with Gasteiger partial charge in [0.2, 0.25) is 0 Å². The Morgan fingerprint density at radius 2 is 2.14 bits per heavy atom. The number of anilines is 2. The summed E-state index contributed by atoms with van der Waals surface area (Å²) in [7, 11) is 0. The van der Waals surface area contributed by atoms with Crippen LogP contribution in [0.3, 0.4) is 0 Å². The van der Waals surface area contributed by atoms with Crippen molar-refractivity contribution in [2.24, 2.45) is 0 Å². The Kier molecular flexibility index (Phi) is 4.14. The molecule has 106 valence electrons. The second kappa shape index (κ2) is 6.01. The number of amides is 1. The zero-order valence-electron chi connectivity index (χ0n) is 11.8. The molecule has 0 aliphatic rings. The molecule has 0 radical (unpaired) electrons. The van der Waals surface area contributed by atoms with Crippen LogP contribution in [0, 0.1) is 18.3 Å². The SMILES string of the molecule is CCc1nnc(C)cc1C(=O)Nc1ccc(N)cc1C#N. The Bertz CT molecular complexity index is 733. The molecule has 0 unspecified atom stereocenters. The van der Waals surface area contributed by atoms with E-state index in [1.165, 1.54) is 6.07 Å². The van der Waals surface area contributed by atoms with Crippen molar-refractivity contribution >= 4 is 17.3 Å². The molecule has 0 saturated heterocycles. The lowest BCUT2D eigenvalue weighted by Gasteiger charge is -2.10. The number of nitriles is 1. The Morgan fingerprint density at radius 1 is 1.38 bits per heavy atom. The van der Waals surface area contributed by atoms with E-state index in [9.17, 15) is 4.79 Å². The van der Waals surface area contributed by atoms with Crippen molar-refractivity contribution in [1.29, 1.82) is 5.26 Å². The summed E-state index contributed by atoms with van der Waals surface area (Å²) < 4.78 is 0. The van der Waals surface area contributed by atoms with E-state index in [4.69, 9.17) is 11.0 Å². The molecule has 1 amide bonds. The fourth-order valence-electron chi connectivity index (χ4n) is 1.92. The van der Waals surface area contributed by atoms with Gasteiger partial charge >= 0.3 is 0 Å². The van der Waals surface area contributed by atoms with E-state index in [2.05, 4.69) is 15.5 Å². The third-order valence-corrected chi connectivity index (χ3v) is 2.98. The van der Waals surface area contributed by atoms with Crippen LogP contribution in [0.2, 0.25) is 0 Å². The van der Waals surface area contributed by atoms with Gasteiger partial charge in [-0.25, -0.2) is 0 Å². The summed E-state index contributed by atoms with van der Waals surface area (Å²) >= 11 is 0. The van der Waals surface area contributed by atoms with Gasteiger partial charge in [0.05, 0.1) is 28.2 Å². The molecule has 2 rings (SSSR count). The minimum Gasteiger partial charge on any atom is -0.399 e. The number of nitrogens with one attached hydrogen (secondary N) is 1. The number of aryl methyl sites for hydroxylation is 2. The number of nitrogens with two attached hydrogens (primary N) is 1. The van der Waals surface area contributed by atoms with Crippen molar-refractivity contribution in [3.63, 3.8) is 0 Å². The highest BCUT2D eigenvalue weighted by Gasteiger charge is 2.14. The van der Waals surface area contributed by atoms with Gasteiger partial charge < -0.3 is 11.1 Å². The first kappa shape index (κ1) is 14.5. The first-order valence-corrected chi connectivity index (χ1v) is 6.49. The average Bonchev–Trinajstić information content (AvgIpc) is 2.48. The normalized spacial score (nSPS) is 9.95. The minimum atomic E-state index is -0.314. The van der Waals surface area contributed by atoms with E-state index >= 15 is 0 Å². The first-order chi connectivity index (χ1) is 10.0. The Balaban J connectivity index is 2.35. The van der Waals surface area contributed by atoms with Crippen LogP contribution in [-0.4, -0.2) is 16.1 Å². The van der Waals surface area contributed by atoms with E-state index < -0.39 is 0 Å². The van der Waals surface area contributed by atoms with Gasteiger partial charge in [-0.15, -0.1) is 0 Å². The van der Waals surface area contributed by atoms with Gasteiger partial charge in [-0.2, -0.15) is 15.5 Å². The van der Waals surface area contributed by atoms with Gasteiger partial charge in [-0.1, -0.05) is 6.92 Å². The molecule has 0 fully saturated rings. The highest BCUT2D eigenvalue weighted by molar-refractivity contribution is 6.05. The maximum Gasteiger partial charge on any atom is 0.257 e. The smallest absolute Gasteiger partial charge is 0.257 e. The first-order valence-electron chi connectivity index (χ1n) is 6.49. The number of nitrogen functional groups attached to an aromatic ring is 1. The summed E-state index contributed by atoms with van der Waals surface area (Å²) in [6, 6.07) is 8.46. The van der Waals surface area contributed by atoms with Gasteiger partial charge in [0, 0.05) is 5.69 Å². The van der Waals surface area contributed by atoms with Crippen molar-refractivity contribution < 1.29 is 4.79 Å². The van der Waals surface area contributed by atoms with Crippen molar-refractivity contribution in [2.75, 3.05) is 11.1 Å². The summed E-state index contributed by atoms with van der Waals surface area (Å²) in [4.78, 5) is 12.4. The molecule has 3 N–H and O–H groups in total. The molecule has 1 aromatic carbocycles. The van der Waals surface area contributed by atoms with E-state index in [0.29, 0.717) is 40.3 Å². The number of carbonyl (C=O) groups excluding carboxylic acids is 1. The summed E-state index contributed by atoms with van der Waals surface area (Å²) in [5, 5.41) is 19.8. The van der Waals surface area contributed by atoms with Crippen LogP contribution < -0.4 is 11.1 Å². The lowest BCUT2D eigenvalue weighted by atomic mass is 10.1. The van der Waals surface area contributed by atoms with E-state index in [-0.39, 0.29) is 5.91 Å². The monoisotopic (exact) mass is 281 g/mol.